The molecule has 1 atom stereocenters. The van der Waals surface area contributed by atoms with Gasteiger partial charge in [-0.1, -0.05) is 25.1 Å². The van der Waals surface area contributed by atoms with Crippen molar-refractivity contribution in [1.82, 2.24) is 18.1 Å². The Kier molecular flexibility index (Phi) is 5.99. The molecule has 7 nitrogen and oxygen atoms in total. The summed E-state index contributed by atoms with van der Waals surface area (Å²) < 4.78 is 31.2. The molecule has 1 aromatic heterocycles. The van der Waals surface area contributed by atoms with Crippen LogP contribution in [0.5, 0.6) is 0 Å². The van der Waals surface area contributed by atoms with Crippen LogP contribution in [0.25, 0.3) is 10.9 Å². The number of aryl methyl sites for hydroxylation is 1. The van der Waals surface area contributed by atoms with E-state index in [0.717, 1.165) is 29.3 Å². The summed E-state index contributed by atoms with van der Waals surface area (Å²) in [7, 11) is -1.37. The lowest BCUT2D eigenvalue weighted by atomic mass is 10.0. The molecule has 0 bridgehead atoms. The van der Waals surface area contributed by atoms with E-state index in [1.165, 1.54) is 0 Å². The number of aliphatic hydroxyl groups excluding tert-OH is 1. The molecule has 0 radical (unpaired) electrons. The fraction of sp³-hybridized carbons (Fsp3) is 0.619. The van der Waals surface area contributed by atoms with Gasteiger partial charge in [-0.3, -0.25) is 4.90 Å². The van der Waals surface area contributed by atoms with E-state index in [9.17, 15) is 13.5 Å². The van der Waals surface area contributed by atoms with Crippen LogP contribution >= 0.6 is 0 Å². The van der Waals surface area contributed by atoms with Crippen molar-refractivity contribution in [3.8, 4) is 0 Å². The van der Waals surface area contributed by atoms with Crippen molar-refractivity contribution in [2.75, 3.05) is 45.8 Å². The first-order valence-electron chi connectivity index (χ1n) is 10.6. The minimum absolute atomic E-state index is 0.483. The van der Waals surface area contributed by atoms with Gasteiger partial charge in [-0.2, -0.15) is 17.0 Å². The van der Waals surface area contributed by atoms with Crippen molar-refractivity contribution in [1.29, 1.82) is 0 Å². The van der Waals surface area contributed by atoms with Gasteiger partial charge in [0.1, 0.15) is 0 Å². The minimum atomic E-state index is -3.36. The number of hydrogen-bond donors (Lipinski definition) is 1. The average molecular weight is 421 g/mol. The van der Waals surface area contributed by atoms with Gasteiger partial charge in [0.15, 0.2) is 0 Å². The van der Waals surface area contributed by atoms with Gasteiger partial charge in [-0.25, -0.2) is 0 Å². The molecule has 29 heavy (non-hydrogen) atoms. The van der Waals surface area contributed by atoms with Crippen LogP contribution in [0, 0.1) is 5.92 Å². The van der Waals surface area contributed by atoms with E-state index in [1.807, 2.05) is 36.0 Å². The number of para-hydroxylation sites is 1. The first-order chi connectivity index (χ1) is 13.9. The number of nitrogens with zero attached hydrogens (tertiary/aromatic N) is 4. The molecule has 0 amide bonds. The number of aromatic nitrogens is 1. The molecule has 2 fully saturated rings. The van der Waals surface area contributed by atoms with Crippen LogP contribution in [-0.2, 0) is 17.3 Å². The third-order valence-corrected chi connectivity index (χ3v) is 8.48. The van der Waals surface area contributed by atoms with Crippen LogP contribution in [0.1, 0.15) is 31.4 Å². The smallest absolute Gasteiger partial charge is 0.282 e. The largest absolute Gasteiger partial charge is 0.387 e. The molecule has 0 saturated carbocycles. The summed E-state index contributed by atoms with van der Waals surface area (Å²) in [6.45, 7) is 6.21. The van der Waals surface area contributed by atoms with Crippen molar-refractivity contribution in [2.24, 2.45) is 13.0 Å². The summed E-state index contributed by atoms with van der Waals surface area (Å²) >= 11 is 0. The Morgan fingerprint density at radius 3 is 2.34 bits per heavy atom. The Balaban J connectivity index is 1.36. The highest BCUT2D eigenvalue weighted by Gasteiger charge is 2.34. The number of rotatable bonds is 5. The Morgan fingerprint density at radius 2 is 1.66 bits per heavy atom. The van der Waals surface area contributed by atoms with E-state index in [-0.39, 0.29) is 0 Å². The van der Waals surface area contributed by atoms with Crippen molar-refractivity contribution in [2.45, 2.75) is 25.9 Å². The highest BCUT2D eigenvalue weighted by atomic mass is 32.2. The number of piperidine rings is 1. The quantitative estimate of drug-likeness (QED) is 0.801. The number of β-amino-alcohol motifs (C(OH)–C–C–N with tert-alkyl or cyclic N) is 1. The monoisotopic (exact) mass is 420 g/mol. The Morgan fingerprint density at radius 1 is 1.03 bits per heavy atom. The van der Waals surface area contributed by atoms with Gasteiger partial charge in [-0.05, 0) is 24.8 Å². The minimum Gasteiger partial charge on any atom is -0.387 e. The Hall–Kier alpha value is -1.45. The fourth-order valence-electron chi connectivity index (χ4n) is 4.50. The SMILES string of the molecule is CC1CCN(S(=O)(=O)N2CCN(C[C@@H](O)c3cn(C)c4ccccc34)CC2)CC1. The number of hydrogen-bond acceptors (Lipinski definition) is 4. The van der Waals surface area contributed by atoms with Gasteiger partial charge in [0.05, 0.1) is 6.10 Å². The molecule has 1 N–H and O–H groups in total. The molecular weight excluding hydrogens is 388 g/mol. The summed E-state index contributed by atoms with van der Waals surface area (Å²) in [5, 5.41) is 11.9. The van der Waals surface area contributed by atoms with E-state index in [2.05, 4.69) is 17.9 Å². The molecule has 2 aliphatic rings. The molecule has 0 unspecified atom stereocenters. The van der Waals surface area contributed by atoms with Crippen molar-refractivity contribution in [3.05, 3.63) is 36.0 Å². The predicted molar refractivity (Wildman–Crippen MR) is 115 cm³/mol. The first kappa shape index (κ1) is 20.8. The topological polar surface area (TPSA) is 69.0 Å². The zero-order valence-electron chi connectivity index (χ0n) is 17.4. The molecule has 1 aromatic carbocycles. The lowest BCUT2D eigenvalue weighted by molar-refractivity contribution is 0.0910. The highest BCUT2D eigenvalue weighted by Crippen LogP contribution is 2.27. The van der Waals surface area contributed by atoms with Crippen molar-refractivity contribution in [3.63, 3.8) is 0 Å². The van der Waals surface area contributed by atoms with E-state index in [4.69, 9.17) is 0 Å². The average Bonchev–Trinajstić information content (AvgIpc) is 3.06. The molecule has 3 heterocycles. The molecule has 0 spiro atoms. The Labute approximate surface area is 173 Å². The van der Waals surface area contributed by atoms with Crippen LogP contribution in [0.15, 0.2) is 30.5 Å². The zero-order chi connectivity index (χ0) is 20.6. The van der Waals surface area contributed by atoms with Gasteiger partial charge < -0.3 is 9.67 Å². The predicted octanol–water partition coefficient (Wildman–Crippen LogP) is 1.81. The molecule has 2 aromatic rings. The molecule has 8 heteroatoms. The number of benzene rings is 1. The number of aliphatic hydroxyl groups is 1. The van der Waals surface area contributed by atoms with Crippen molar-refractivity contribution < 1.29 is 13.5 Å². The molecule has 2 aliphatic heterocycles. The lowest BCUT2D eigenvalue weighted by Gasteiger charge is -2.38. The maximum atomic E-state index is 12.9. The van der Waals surface area contributed by atoms with E-state index < -0.39 is 16.3 Å². The maximum Gasteiger partial charge on any atom is 0.282 e. The fourth-order valence-corrected chi connectivity index (χ4v) is 6.13. The van der Waals surface area contributed by atoms with Gasteiger partial charge >= 0.3 is 0 Å². The molecule has 4 rings (SSSR count). The normalized spacial score (nSPS) is 22.3. The molecular formula is C21H32N4O3S. The van der Waals surface area contributed by atoms with Crippen LogP contribution in [0.2, 0.25) is 0 Å². The summed E-state index contributed by atoms with van der Waals surface area (Å²) in [5.41, 5.74) is 2.04. The van der Waals surface area contributed by atoms with Crippen LogP contribution < -0.4 is 0 Å². The summed E-state index contributed by atoms with van der Waals surface area (Å²) in [5.74, 6) is 0.605. The van der Waals surface area contributed by atoms with E-state index in [1.54, 1.807) is 8.61 Å². The van der Waals surface area contributed by atoms with Gasteiger partial charge in [0.2, 0.25) is 0 Å². The zero-order valence-corrected chi connectivity index (χ0v) is 18.2. The van der Waals surface area contributed by atoms with Gasteiger partial charge in [-0.15, -0.1) is 0 Å². The Bertz CT molecular complexity index is 942. The number of piperazine rings is 1. The van der Waals surface area contributed by atoms with Gasteiger partial charge in [0.25, 0.3) is 10.2 Å². The maximum absolute atomic E-state index is 12.9. The van der Waals surface area contributed by atoms with Crippen LogP contribution in [0.3, 0.4) is 0 Å². The number of fused-ring (bicyclic) bond motifs is 1. The molecule has 2 saturated heterocycles. The molecule has 160 valence electrons. The van der Waals surface area contributed by atoms with E-state index >= 15 is 0 Å². The second-order valence-electron chi connectivity index (χ2n) is 8.52. The van der Waals surface area contributed by atoms with Crippen molar-refractivity contribution >= 4 is 21.1 Å². The highest BCUT2D eigenvalue weighted by molar-refractivity contribution is 7.86. The van der Waals surface area contributed by atoms with Crippen LogP contribution in [0.4, 0.5) is 0 Å². The lowest BCUT2D eigenvalue weighted by Crippen LogP contribution is -2.54. The summed E-state index contributed by atoms with van der Waals surface area (Å²) in [6, 6.07) is 8.08. The van der Waals surface area contributed by atoms with E-state index in [0.29, 0.717) is 51.7 Å². The van der Waals surface area contributed by atoms with Gasteiger partial charge in [0, 0.05) is 75.5 Å². The third kappa shape index (κ3) is 4.22. The second kappa shape index (κ2) is 8.35. The second-order valence-corrected chi connectivity index (χ2v) is 10.4. The van der Waals surface area contributed by atoms with Crippen LogP contribution in [-0.4, -0.2) is 77.4 Å². The first-order valence-corrected chi connectivity index (χ1v) is 12.0. The third-order valence-electron chi connectivity index (χ3n) is 6.44. The summed E-state index contributed by atoms with van der Waals surface area (Å²) in [6.07, 6.45) is 3.29. The standard InChI is InChI=1S/C21H32N4O3S/c1-17-7-9-24(10-8-17)29(27,28)25-13-11-23(12-14-25)16-21(26)19-15-22(2)20-6-4-3-5-18(19)20/h3-6,15,17,21,26H,7-14,16H2,1-2H3/t21-/m1/s1. The summed E-state index contributed by atoms with van der Waals surface area (Å²) in [4.78, 5) is 2.16. The molecule has 0 aliphatic carbocycles.